The van der Waals surface area contributed by atoms with Gasteiger partial charge in [0.25, 0.3) is 0 Å². The summed E-state index contributed by atoms with van der Waals surface area (Å²) in [6.07, 6.45) is 0. The second kappa shape index (κ2) is 6.85. The molecule has 1 unspecified atom stereocenters. The standard InChI is InChI=1S/C15H13Br2F2NO/c1-20-15(10-4-3-8(16)5-11(10)17)14-12(18)6-9(21-2)7-13(14)19/h3-7,15,20H,1-2H3. The SMILES string of the molecule is CNC(c1ccc(Br)cc1Br)c1c(F)cc(OC)cc1F. The molecular weight excluding hydrogens is 408 g/mol. The van der Waals surface area contributed by atoms with Gasteiger partial charge in [-0.2, -0.15) is 0 Å². The summed E-state index contributed by atoms with van der Waals surface area (Å²) in [7, 11) is 3.02. The van der Waals surface area contributed by atoms with Gasteiger partial charge in [-0.05, 0) is 24.7 Å². The molecule has 2 aromatic carbocycles. The van der Waals surface area contributed by atoms with E-state index >= 15 is 0 Å². The third kappa shape index (κ3) is 3.44. The molecule has 21 heavy (non-hydrogen) atoms. The van der Waals surface area contributed by atoms with E-state index in [4.69, 9.17) is 4.74 Å². The minimum Gasteiger partial charge on any atom is -0.497 e. The van der Waals surface area contributed by atoms with Crippen LogP contribution < -0.4 is 10.1 Å². The number of nitrogens with one attached hydrogen (secondary N) is 1. The fourth-order valence-corrected chi connectivity index (χ4v) is 3.42. The van der Waals surface area contributed by atoms with Crippen LogP contribution in [0.15, 0.2) is 39.3 Å². The molecule has 2 nitrogen and oxygen atoms in total. The third-order valence-electron chi connectivity index (χ3n) is 3.14. The minimum absolute atomic E-state index is 0.0404. The van der Waals surface area contributed by atoms with Crippen LogP contribution >= 0.6 is 31.9 Å². The molecular formula is C15H13Br2F2NO. The fraction of sp³-hybridized carbons (Fsp3) is 0.200. The molecule has 0 heterocycles. The van der Waals surface area contributed by atoms with Crippen LogP contribution in [0.25, 0.3) is 0 Å². The van der Waals surface area contributed by atoms with Gasteiger partial charge >= 0.3 is 0 Å². The smallest absolute Gasteiger partial charge is 0.134 e. The molecule has 1 N–H and O–H groups in total. The van der Waals surface area contributed by atoms with Gasteiger partial charge < -0.3 is 10.1 Å². The molecule has 1 atom stereocenters. The van der Waals surface area contributed by atoms with Crippen molar-refractivity contribution in [1.82, 2.24) is 5.32 Å². The predicted molar refractivity (Wildman–Crippen MR) is 85.7 cm³/mol. The van der Waals surface area contributed by atoms with Crippen LogP contribution in [0.1, 0.15) is 17.2 Å². The number of hydrogen-bond acceptors (Lipinski definition) is 2. The van der Waals surface area contributed by atoms with Gasteiger partial charge in [0, 0.05) is 26.6 Å². The van der Waals surface area contributed by atoms with Crippen LogP contribution in [-0.4, -0.2) is 14.2 Å². The maximum absolute atomic E-state index is 14.2. The van der Waals surface area contributed by atoms with E-state index in [0.717, 1.165) is 14.5 Å². The molecule has 112 valence electrons. The van der Waals surface area contributed by atoms with Crippen molar-refractivity contribution < 1.29 is 13.5 Å². The van der Waals surface area contributed by atoms with Gasteiger partial charge in [0.2, 0.25) is 0 Å². The number of methoxy groups -OCH3 is 1. The minimum atomic E-state index is -0.652. The van der Waals surface area contributed by atoms with Crippen LogP contribution in [-0.2, 0) is 0 Å². The average molecular weight is 421 g/mol. The topological polar surface area (TPSA) is 21.3 Å². The highest BCUT2D eigenvalue weighted by molar-refractivity contribution is 9.11. The second-order valence-electron chi connectivity index (χ2n) is 4.39. The van der Waals surface area contributed by atoms with E-state index in [9.17, 15) is 8.78 Å². The summed E-state index contributed by atoms with van der Waals surface area (Å²) in [5.74, 6) is -1.15. The van der Waals surface area contributed by atoms with Crippen molar-refractivity contribution in [1.29, 1.82) is 0 Å². The van der Waals surface area contributed by atoms with Crippen molar-refractivity contribution in [2.24, 2.45) is 0 Å². The van der Waals surface area contributed by atoms with Gasteiger partial charge in [0.15, 0.2) is 0 Å². The van der Waals surface area contributed by atoms with Gasteiger partial charge in [-0.25, -0.2) is 8.78 Å². The highest BCUT2D eigenvalue weighted by Crippen LogP contribution is 2.34. The van der Waals surface area contributed by atoms with Crippen LogP contribution in [0.4, 0.5) is 8.78 Å². The van der Waals surface area contributed by atoms with Crippen molar-refractivity contribution in [2.45, 2.75) is 6.04 Å². The Hall–Kier alpha value is -0.980. The van der Waals surface area contributed by atoms with E-state index in [1.807, 2.05) is 12.1 Å². The molecule has 0 amide bonds. The largest absolute Gasteiger partial charge is 0.497 e. The summed E-state index contributed by atoms with van der Waals surface area (Å²) in [5.41, 5.74) is 0.699. The molecule has 0 aliphatic carbocycles. The Labute approximate surface area is 138 Å². The van der Waals surface area contributed by atoms with E-state index in [1.54, 1.807) is 13.1 Å². The van der Waals surface area contributed by atoms with Gasteiger partial charge in [0.05, 0.1) is 13.2 Å². The highest BCUT2D eigenvalue weighted by atomic mass is 79.9. The van der Waals surface area contributed by atoms with Crippen LogP contribution in [0.5, 0.6) is 5.75 Å². The van der Waals surface area contributed by atoms with Gasteiger partial charge in [-0.3, -0.25) is 0 Å². The Kier molecular flexibility index (Phi) is 5.35. The molecule has 0 spiro atoms. The van der Waals surface area contributed by atoms with E-state index in [2.05, 4.69) is 37.2 Å². The summed E-state index contributed by atoms with van der Waals surface area (Å²) in [6, 6.07) is 7.20. The Morgan fingerprint density at radius 3 is 2.19 bits per heavy atom. The molecule has 0 saturated carbocycles. The van der Waals surface area contributed by atoms with Crippen molar-refractivity contribution in [3.05, 3.63) is 62.0 Å². The van der Waals surface area contributed by atoms with E-state index in [-0.39, 0.29) is 11.3 Å². The second-order valence-corrected chi connectivity index (χ2v) is 6.16. The van der Waals surface area contributed by atoms with Gasteiger partial charge in [0.1, 0.15) is 17.4 Å². The summed E-state index contributed by atoms with van der Waals surface area (Å²) >= 11 is 6.78. The normalized spacial score (nSPS) is 12.3. The lowest BCUT2D eigenvalue weighted by molar-refractivity contribution is 0.403. The van der Waals surface area contributed by atoms with Crippen LogP contribution in [0, 0.1) is 11.6 Å². The first-order valence-corrected chi connectivity index (χ1v) is 7.71. The maximum atomic E-state index is 14.2. The Bertz CT molecular complexity index is 641. The molecule has 0 aromatic heterocycles. The lowest BCUT2D eigenvalue weighted by Gasteiger charge is -2.20. The number of halogens is 4. The summed E-state index contributed by atoms with van der Waals surface area (Å²) < 4.78 is 35.0. The lowest BCUT2D eigenvalue weighted by atomic mass is 9.97. The van der Waals surface area contributed by atoms with E-state index < -0.39 is 17.7 Å². The summed E-state index contributed by atoms with van der Waals surface area (Å²) in [6.45, 7) is 0. The van der Waals surface area contributed by atoms with Crippen molar-refractivity contribution in [3.63, 3.8) is 0 Å². The molecule has 0 aliphatic heterocycles. The van der Waals surface area contributed by atoms with Crippen molar-refractivity contribution in [3.8, 4) is 5.75 Å². The average Bonchev–Trinajstić information content (AvgIpc) is 2.43. The first-order chi connectivity index (χ1) is 9.97. The Balaban J connectivity index is 2.56. The first kappa shape index (κ1) is 16.4. The number of hydrogen-bond donors (Lipinski definition) is 1. The molecule has 6 heteroatoms. The third-order valence-corrected chi connectivity index (χ3v) is 4.32. The number of benzene rings is 2. The van der Waals surface area contributed by atoms with Crippen LogP contribution in [0.2, 0.25) is 0 Å². The zero-order chi connectivity index (χ0) is 15.6. The molecule has 0 bridgehead atoms. The Morgan fingerprint density at radius 1 is 1.10 bits per heavy atom. The zero-order valence-corrected chi connectivity index (χ0v) is 14.6. The van der Waals surface area contributed by atoms with Crippen molar-refractivity contribution >= 4 is 31.9 Å². The number of ether oxygens (including phenoxy) is 1. The zero-order valence-electron chi connectivity index (χ0n) is 11.4. The fourth-order valence-electron chi connectivity index (χ4n) is 2.15. The van der Waals surface area contributed by atoms with Gasteiger partial charge in [-0.1, -0.05) is 37.9 Å². The van der Waals surface area contributed by atoms with E-state index in [0.29, 0.717) is 0 Å². The number of rotatable bonds is 4. The monoisotopic (exact) mass is 419 g/mol. The van der Waals surface area contributed by atoms with Crippen molar-refractivity contribution in [2.75, 3.05) is 14.2 Å². The predicted octanol–water partition coefficient (Wildman–Crippen LogP) is 4.81. The first-order valence-electron chi connectivity index (χ1n) is 6.13. The molecule has 0 radical (unpaired) electrons. The Morgan fingerprint density at radius 2 is 1.71 bits per heavy atom. The quantitative estimate of drug-likeness (QED) is 0.766. The summed E-state index contributed by atoms with van der Waals surface area (Å²) in [5, 5.41) is 2.95. The lowest BCUT2D eigenvalue weighted by Crippen LogP contribution is -2.21. The molecule has 2 rings (SSSR count). The highest BCUT2D eigenvalue weighted by Gasteiger charge is 2.23. The molecule has 2 aromatic rings. The molecule has 0 saturated heterocycles. The van der Waals surface area contributed by atoms with E-state index in [1.165, 1.54) is 19.2 Å². The molecule has 0 fully saturated rings. The summed E-state index contributed by atoms with van der Waals surface area (Å²) in [4.78, 5) is 0. The van der Waals surface area contributed by atoms with Gasteiger partial charge in [-0.15, -0.1) is 0 Å². The van der Waals surface area contributed by atoms with Crippen LogP contribution in [0.3, 0.4) is 0 Å². The molecule has 0 aliphatic rings. The maximum Gasteiger partial charge on any atom is 0.134 e.